The van der Waals surface area contributed by atoms with E-state index in [0.29, 0.717) is 5.69 Å². The first kappa shape index (κ1) is 20.9. The van der Waals surface area contributed by atoms with E-state index in [1.807, 2.05) is 6.07 Å². The van der Waals surface area contributed by atoms with Crippen LogP contribution >= 0.6 is 0 Å². The van der Waals surface area contributed by atoms with Crippen molar-refractivity contribution in [1.82, 2.24) is 9.97 Å². The van der Waals surface area contributed by atoms with Gasteiger partial charge in [-0.2, -0.15) is 0 Å². The van der Waals surface area contributed by atoms with Gasteiger partial charge in [0.2, 0.25) is 0 Å². The van der Waals surface area contributed by atoms with Gasteiger partial charge in [0.05, 0.1) is 23.1 Å². The van der Waals surface area contributed by atoms with Crippen molar-refractivity contribution >= 4 is 11.6 Å². The molecule has 1 aliphatic rings. The van der Waals surface area contributed by atoms with Crippen LogP contribution in [-0.4, -0.2) is 27.0 Å². The van der Waals surface area contributed by atoms with E-state index in [0.717, 1.165) is 43.4 Å². The highest BCUT2D eigenvalue weighted by atomic mass is 19.1. The fourth-order valence-electron chi connectivity index (χ4n) is 4.07. The van der Waals surface area contributed by atoms with Gasteiger partial charge in [-0.25, -0.2) is 13.8 Å². The van der Waals surface area contributed by atoms with Gasteiger partial charge >= 0.3 is 0 Å². The van der Waals surface area contributed by atoms with Crippen LogP contribution in [0.15, 0.2) is 48.8 Å². The number of carbonyl (C=O) groups excluding carboxylic acids is 1. The molecule has 0 bridgehead atoms. The van der Waals surface area contributed by atoms with E-state index in [4.69, 9.17) is 5.73 Å². The molecular formula is C23H22F2N4O2. The van der Waals surface area contributed by atoms with E-state index in [-0.39, 0.29) is 23.3 Å². The highest BCUT2D eigenvalue weighted by Crippen LogP contribution is 2.36. The molecule has 0 radical (unpaired) electrons. The average molecular weight is 424 g/mol. The maximum atomic E-state index is 14.2. The number of hydrogen-bond donors (Lipinski definition) is 3. The summed E-state index contributed by atoms with van der Waals surface area (Å²) in [5.74, 6) is -2.76. The highest BCUT2D eigenvalue weighted by Gasteiger charge is 2.24. The molecule has 1 saturated carbocycles. The van der Waals surface area contributed by atoms with Gasteiger partial charge in [-0.05, 0) is 48.9 Å². The normalized spacial score (nSPS) is 18.5. The van der Waals surface area contributed by atoms with Crippen molar-refractivity contribution in [2.24, 2.45) is 5.73 Å². The van der Waals surface area contributed by atoms with E-state index in [2.05, 4.69) is 15.3 Å². The largest absolute Gasteiger partial charge is 0.508 e. The summed E-state index contributed by atoms with van der Waals surface area (Å²) in [5.41, 5.74) is 7.19. The van der Waals surface area contributed by atoms with Crippen molar-refractivity contribution in [3.63, 3.8) is 0 Å². The van der Waals surface area contributed by atoms with Gasteiger partial charge in [-0.15, -0.1) is 0 Å². The van der Waals surface area contributed by atoms with Gasteiger partial charge in [-0.1, -0.05) is 12.5 Å². The van der Waals surface area contributed by atoms with Gasteiger partial charge < -0.3 is 16.2 Å². The number of pyridine rings is 2. The molecule has 8 heteroatoms. The van der Waals surface area contributed by atoms with Gasteiger partial charge in [0.1, 0.15) is 23.1 Å². The Labute approximate surface area is 178 Å². The number of benzene rings is 1. The molecule has 1 amide bonds. The molecule has 160 valence electrons. The number of halogens is 2. The lowest BCUT2D eigenvalue weighted by molar-refractivity contribution is 0.102. The van der Waals surface area contributed by atoms with Gasteiger partial charge in [0.15, 0.2) is 0 Å². The summed E-state index contributed by atoms with van der Waals surface area (Å²) in [4.78, 5) is 21.1. The van der Waals surface area contributed by atoms with E-state index < -0.39 is 28.9 Å². The van der Waals surface area contributed by atoms with Crippen molar-refractivity contribution in [1.29, 1.82) is 0 Å². The zero-order valence-corrected chi connectivity index (χ0v) is 16.7. The third-order valence-corrected chi connectivity index (χ3v) is 5.52. The molecule has 2 aromatic heterocycles. The lowest BCUT2D eigenvalue weighted by Crippen LogP contribution is -2.27. The Morgan fingerprint density at radius 1 is 1.16 bits per heavy atom. The molecular weight excluding hydrogens is 402 g/mol. The molecule has 4 rings (SSSR count). The van der Waals surface area contributed by atoms with Crippen molar-refractivity contribution in [3.05, 3.63) is 71.7 Å². The SMILES string of the molecule is NC1CCC[C@@H](c2ccncc2NC(=O)c2cccc(-c3c(F)cc(O)cc3F)n2)C1. The number of nitrogens with zero attached hydrogens (tertiary/aromatic N) is 2. The molecule has 0 saturated heterocycles. The summed E-state index contributed by atoms with van der Waals surface area (Å²) in [6, 6.07) is 7.95. The van der Waals surface area contributed by atoms with Crippen molar-refractivity contribution in [2.45, 2.75) is 37.6 Å². The lowest BCUT2D eigenvalue weighted by Gasteiger charge is -2.28. The second-order valence-electron chi connectivity index (χ2n) is 7.73. The van der Waals surface area contributed by atoms with Crippen LogP contribution in [0, 0.1) is 11.6 Å². The predicted octanol–water partition coefficient (Wildman–Crippen LogP) is 4.36. The summed E-state index contributed by atoms with van der Waals surface area (Å²) in [6.07, 6.45) is 7.09. The number of aromatic nitrogens is 2. The number of hydrogen-bond acceptors (Lipinski definition) is 5. The van der Waals surface area contributed by atoms with E-state index in [1.54, 1.807) is 12.4 Å². The second-order valence-corrected chi connectivity index (χ2v) is 7.73. The van der Waals surface area contributed by atoms with Gasteiger partial charge in [0.25, 0.3) is 5.91 Å². The maximum absolute atomic E-state index is 14.2. The number of nitrogens with one attached hydrogen (secondary N) is 1. The number of phenols is 1. The number of aromatic hydroxyl groups is 1. The monoisotopic (exact) mass is 424 g/mol. The van der Waals surface area contributed by atoms with Crippen molar-refractivity contribution in [2.75, 3.05) is 5.32 Å². The van der Waals surface area contributed by atoms with Crippen molar-refractivity contribution in [3.8, 4) is 17.0 Å². The number of rotatable bonds is 4. The fourth-order valence-corrected chi connectivity index (χ4v) is 4.07. The number of anilines is 1. The topological polar surface area (TPSA) is 101 Å². The zero-order valence-electron chi connectivity index (χ0n) is 16.7. The first-order valence-corrected chi connectivity index (χ1v) is 10.1. The molecule has 0 spiro atoms. The smallest absolute Gasteiger partial charge is 0.274 e. The summed E-state index contributed by atoms with van der Waals surface area (Å²) < 4.78 is 28.4. The Morgan fingerprint density at radius 3 is 2.68 bits per heavy atom. The molecule has 2 heterocycles. The maximum Gasteiger partial charge on any atom is 0.274 e. The minimum atomic E-state index is -0.967. The highest BCUT2D eigenvalue weighted by molar-refractivity contribution is 6.03. The first-order valence-electron chi connectivity index (χ1n) is 10.1. The van der Waals surface area contributed by atoms with Crippen LogP contribution in [0.3, 0.4) is 0 Å². The second kappa shape index (κ2) is 8.77. The molecule has 6 nitrogen and oxygen atoms in total. The average Bonchev–Trinajstić information content (AvgIpc) is 2.73. The molecule has 1 aliphatic carbocycles. The summed E-state index contributed by atoms with van der Waals surface area (Å²) in [7, 11) is 0. The van der Waals surface area contributed by atoms with Gasteiger partial charge in [0, 0.05) is 24.4 Å². The Balaban J connectivity index is 1.61. The summed E-state index contributed by atoms with van der Waals surface area (Å²) >= 11 is 0. The fraction of sp³-hybridized carbons (Fsp3) is 0.261. The Bertz CT molecular complexity index is 1100. The van der Waals surface area contributed by atoms with Crippen LogP contribution in [0.2, 0.25) is 0 Å². The Hall–Kier alpha value is -3.39. The number of amides is 1. The van der Waals surface area contributed by atoms with E-state index in [9.17, 15) is 18.7 Å². The molecule has 1 unspecified atom stereocenters. The summed E-state index contributed by atoms with van der Waals surface area (Å²) in [5, 5.41) is 12.2. The zero-order chi connectivity index (χ0) is 22.0. The Kier molecular flexibility index (Phi) is 5.90. The molecule has 1 aromatic carbocycles. The third kappa shape index (κ3) is 4.54. The molecule has 1 fully saturated rings. The van der Waals surface area contributed by atoms with E-state index in [1.165, 1.54) is 18.2 Å². The predicted molar refractivity (Wildman–Crippen MR) is 113 cm³/mol. The van der Waals surface area contributed by atoms with Gasteiger partial charge in [-0.3, -0.25) is 9.78 Å². The molecule has 31 heavy (non-hydrogen) atoms. The van der Waals surface area contributed by atoms with E-state index >= 15 is 0 Å². The number of carbonyl (C=O) groups is 1. The van der Waals surface area contributed by atoms with Crippen LogP contribution < -0.4 is 11.1 Å². The van der Waals surface area contributed by atoms with Crippen LogP contribution in [0.5, 0.6) is 5.75 Å². The van der Waals surface area contributed by atoms with Crippen LogP contribution in [0.25, 0.3) is 11.3 Å². The minimum absolute atomic E-state index is 0.000441. The van der Waals surface area contributed by atoms with Crippen LogP contribution in [-0.2, 0) is 0 Å². The molecule has 2 atom stereocenters. The van der Waals surface area contributed by atoms with Crippen LogP contribution in [0.4, 0.5) is 14.5 Å². The quantitative estimate of drug-likeness (QED) is 0.578. The third-order valence-electron chi connectivity index (χ3n) is 5.52. The molecule has 4 N–H and O–H groups in total. The van der Waals surface area contributed by atoms with Crippen LogP contribution in [0.1, 0.15) is 47.7 Å². The number of phenolic OH excluding ortho intramolecular Hbond substituents is 1. The molecule has 3 aromatic rings. The lowest BCUT2D eigenvalue weighted by atomic mass is 9.81. The minimum Gasteiger partial charge on any atom is -0.508 e. The summed E-state index contributed by atoms with van der Waals surface area (Å²) in [6.45, 7) is 0. The standard InChI is InChI=1S/C23H22F2N4O2/c24-17-10-15(30)11-18(25)22(17)19-5-2-6-20(28-19)23(31)29-21-12-27-8-7-16(21)13-3-1-4-14(26)9-13/h2,5-8,10-14,30H,1,3-4,9,26H2,(H,29,31)/t13-,14?/m1/s1. The number of nitrogens with two attached hydrogens (primary N) is 1. The molecule has 0 aliphatic heterocycles. The van der Waals surface area contributed by atoms with Crippen molar-refractivity contribution < 1.29 is 18.7 Å². The Morgan fingerprint density at radius 2 is 1.94 bits per heavy atom. The first-order chi connectivity index (χ1) is 14.9.